The van der Waals surface area contributed by atoms with Crippen LogP contribution in [-0.2, 0) is 19.7 Å². The Morgan fingerprint density at radius 2 is 2.00 bits per heavy atom. The number of anilines is 1. The van der Waals surface area contributed by atoms with E-state index in [1.165, 1.54) is 0 Å². The molecule has 0 unspecified atom stereocenters. The van der Waals surface area contributed by atoms with Crippen molar-refractivity contribution in [1.82, 2.24) is 4.90 Å². The van der Waals surface area contributed by atoms with Gasteiger partial charge in [-0.15, -0.1) is 0 Å². The molecule has 1 amide bonds. The summed E-state index contributed by atoms with van der Waals surface area (Å²) in [6, 6.07) is 4.84. The van der Waals surface area contributed by atoms with Gasteiger partial charge in [0.25, 0.3) is 5.91 Å². The zero-order valence-corrected chi connectivity index (χ0v) is 17.8. The number of thiocarbonyl (C=S) groups is 1. The minimum atomic E-state index is -4.33. The number of aliphatic carboxylic acids is 1. The Morgan fingerprint density at radius 3 is 2.66 bits per heavy atom. The molecule has 2 aliphatic heterocycles. The summed E-state index contributed by atoms with van der Waals surface area (Å²) in [5.74, 6) is -2.03. The molecule has 0 spiro atoms. The Bertz CT molecular complexity index is 1030. The van der Waals surface area contributed by atoms with Gasteiger partial charge >= 0.3 is 0 Å². The maximum atomic E-state index is 12.7. The fraction of sp³-hybridized carbons (Fsp3) is 0.312. The van der Waals surface area contributed by atoms with Gasteiger partial charge in [-0.3, -0.25) is 9.69 Å². The van der Waals surface area contributed by atoms with Crippen molar-refractivity contribution in [3.8, 4) is 5.75 Å². The second-order valence-corrected chi connectivity index (χ2v) is 9.70. The molecule has 0 radical (unpaired) electrons. The average Bonchev–Trinajstić information content (AvgIpc) is 3.09. The topological polar surface area (TPSA) is 130 Å². The normalized spacial score (nSPS) is 19.0. The third-order valence-electron chi connectivity index (χ3n) is 4.02. The number of carboxylic acid groups (broad SMARTS) is 1. The highest BCUT2D eigenvalue weighted by Gasteiger charge is 2.40. The van der Waals surface area contributed by atoms with Crippen molar-refractivity contribution in [3.05, 3.63) is 34.0 Å². The average molecular weight is 477 g/mol. The van der Waals surface area contributed by atoms with Crippen LogP contribution < -0.4 is 14.7 Å². The summed E-state index contributed by atoms with van der Waals surface area (Å²) in [4.78, 5) is 26.2. The van der Waals surface area contributed by atoms with Crippen LogP contribution in [0.2, 0.25) is 5.02 Å². The number of hydrogen-bond acceptors (Lipinski definition) is 10. The van der Waals surface area contributed by atoms with Crippen LogP contribution in [0, 0.1) is 0 Å². The summed E-state index contributed by atoms with van der Waals surface area (Å²) in [5, 5.41) is 11.3. The number of nitrogens with zero attached hydrogens (tertiary/aromatic N) is 2. The van der Waals surface area contributed by atoms with Crippen molar-refractivity contribution in [2.45, 2.75) is 12.8 Å². The number of carbonyl (C=O) groups excluding carboxylic acids is 2. The van der Waals surface area contributed by atoms with Crippen LogP contribution in [0.4, 0.5) is 5.69 Å². The summed E-state index contributed by atoms with van der Waals surface area (Å²) in [6.07, 6.45) is 0.441. The molecule has 0 aliphatic carbocycles. The van der Waals surface area contributed by atoms with Crippen molar-refractivity contribution < 1.29 is 32.4 Å². The van der Waals surface area contributed by atoms with Crippen LogP contribution in [0.5, 0.6) is 5.75 Å². The van der Waals surface area contributed by atoms with Gasteiger partial charge < -0.3 is 24.1 Å². The van der Waals surface area contributed by atoms with Gasteiger partial charge in [0.05, 0.1) is 28.3 Å². The zero-order chi connectivity index (χ0) is 21.3. The van der Waals surface area contributed by atoms with Crippen molar-refractivity contribution in [2.75, 3.05) is 23.7 Å². The molecule has 0 atom stereocenters. The molecule has 13 heteroatoms. The number of carboxylic acids is 1. The Kier molecular flexibility index (Phi) is 6.39. The minimum absolute atomic E-state index is 0.0525. The lowest BCUT2D eigenvalue weighted by molar-refractivity contribution is -0.305. The molecule has 0 saturated carbocycles. The summed E-state index contributed by atoms with van der Waals surface area (Å²) in [5.41, 5.74) is 0.558. The Hall–Kier alpha value is -1.86. The first-order valence-electron chi connectivity index (χ1n) is 8.23. The van der Waals surface area contributed by atoms with Gasteiger partial charge in [-0.05, 0) is 42.8 Å². The second-order valence-electron chi connectivity index (χ2n) is 6.10. The standard InChI is InChI=1S/C16H15ClN2O7S3/c17-9-3-4-11-10(7-9)18(5-1-2-6-29(23,24)25)15(26-11)13-14(22)19(8-12(20)21)16(27)28-13/h3-4,7H,1-2,5-6,8H2,(H,20,21)(H,23,24,25)/p-2/b15-13+. The van der Waals surface area contributed by atoms with Crippen molar-refractivity contribution in [3.63, 3.8) is 0 Å². The smallest absolute Gasteiger partial charge is 0.272 e. The van der Waals surface area contributed by atoms with E-state index >= 15 is 0 Å². The van der Waals surface area contributed by atoms with Gasteiger partial charge in [0.2, 0.25) is 5.88 Å². The number of benzene rings is 1. The Balaban J connectivity index is 1.90. The zero-order valence-electron chi connectivity index (χ0n) is 14.6. The number of thioether (sulfide) groups is 1. The van der Waals surface area contributed by atoms with Crippen molar-refractivity contribution in [1.29, 1.82) is 0 Å². The van der Waals surface area contributed by atoms with Gasteiger partial charge in [0.1, 0.15) is 9.23 Å². The third kappa shape index (κ3) is 5.01. The first kappa shape index (κ1) is 21.8. The number of ether oxygens (including phenoxy) is 1. The molecule has 0 bridgehead atoms. The molecule has 29 heavy (non-hydrogen) atoms. The first-order chi connectivity index (χ1) is 13.6. The molecule has 1 saturated heterocycles. The molecular formula is C16H13ClN2O7S3-2. The largest absolute Gasteiger partial charge is 0.748 e. The molecule has 1 fully saturated rings. The van der Waals surface area contributed by atoms with Gasteiger partial charge in [-0.25, -0.2) is 8.42 Å². The molecule has 2 heterocycles. The monoisotopic (exact) mass is 476 g/mol. The second kappa shape index (κ2) is 8.48. The Morgan fingerprint density at radius 1 is 1.28 bits per heavy atom. The summed E-state index contributed by atoms with van der Waals surface area (Å²) >= 11 is 12.0. The van der Waals surface area contributed by atoms with E-state index in [1.807, 2.05) is 0 Å². The lowest BCUT2D eigenvalue weighted by atomic mass is 10.2. The van der Waals surface area contributed by atoms with Crippen LogP contribution in [0.3, 0.4) is 0 Å². The molecule has 2 aliphatic rings. The van der Waals surface area contributed by atoms with E-state index in [0.29, 0.717) is 22.9 Å². The number of halogens is 1. The van der Waals surface area contributed by atoms with Crippen LogP contribution in [0.15, 0.2) is 29.0 Å². The van der Waals surface area contributed by atoms with Crippen LogP contribution in [0.1, 0.15) is 12.8 Å². The number of amides is 1. The van der Waals surface area contributed by atoms with Crippen molar-refractivity contribution in [2.24, 2.45) is 0 Å². The fourth-order valence-electron chi connectivity index (χ4n) is 2.79. The molecule has 3 rings (SSSR count). The van der Waals surface area contributed by atoms with Gasteiger partial charge in [-0.2, -0.15) is 0 Å². The summed E-state index contributed by atoms with van der Waals surface area (Å²) in [7, 11) is -4.33. The van der Waals surface area contributed by atoms with E-state index in [-0.39, 0.29) is 28.1 Å². The molecule has 9 nitrogen and oxygen atoms in total. The molecule has 0 aromatic heterocycles. The lowest BCUT2D eigenvalue weighted by Gasteiger charge is -2.20. The van der Waals surface area contributed by atoms with E-state index in [1.54, 1.807) is 23.1 Å². The number of carbonyl (C=O) groups is 2. The minimum Gasteiger partial charge on any atom is -0.748 e. The number of unbranched alkanes of at least 4 members (excludes halogenated alkanes) is 1. The quantitative estimate of drug-likeness (QED) is 0.239. The SMILES string of the molecule is O=C([O-])CN1C(=O)/C(=C2\Oc3ccc(Cl)cc3N2CCCCS(=O)(=O)[O-])SC1=S. The lowest BCUT2D eigenvalue weighted by Crippen LogP contribution is -2.40. The highest BCUT2D eigenvalue weighted by Crippen LogP contribution is 2.45. The molecule has 156 valence electrons. The summed E-state index contributed by atoms with van der Waals surface area (Å²) in [6.45, 7) is -0.440. The maximum absolute atomic E-state index is 12.7. The van der Waals surface area contributed by atoms with Crippen LogP contribution >= 0.6 is 35.6 Å². The van der Waals surface area contributed by atoms with E-state index in [9.17, 15) is 27.7 Å². The Labute approximate surface area is 181 Å². The fourth-order valence-corrected chi connectivity index (χ4v) is 4.78. The van der Waals surface area contributed by atoms with E-state index in [0.717, 1.165) is 16.7 Å². The van der Waals surface area contributed by atoms with Crippen molar-refractivity contribution >= 4 is 67.6 Å². The third-order valence-corrected chi connectivity index (χ3v) is 6.46. The highest BCUT2D eigenvalue weighted by molar-refractivity contribution is 8.26. The van der Waals surface area contributed by atoms with Gasteiger partial charge in [0, 0.05) is 17.3 Å². The summed E-state index contributed by atoms with van der Waals surface area (Å²) < 4.78 is 38.3. The highest BCUT2D eigenvalue weighted by atomic mass is 35.5. The van der Waals surface area contributed by atoms with E-state index < -0.39 is 34.3 Å². The van der Waals surface area contributed by atoms with Gasteiger partial charge in [-0.1, -0.05) is 23.8 Å². The molecule has 1 aromatic carbocycles. The predicted molar refractivity (Wildman–Crippen MR) is 107 cm³/mol. The predicted octanol–water partition coefficient (Wildman–Crippen LogP) is 0.644. The number of fused-ring (bicyclic) bond motifs is 1. The van der Waals surface area contributed by atoms with Crippen LogP contribution in [0.25, 0.3) is 0 Å². The molecule has 0 N–H and O–H groups in total. The molecular weight excluding hydrogens is 464 g/mol. The number of rotatable bonds is 7. The van der Waals surface area contributed by atoms with Crippen LogP contribution in [-0.4, -0.2) is 52.9 Å². The first-order valence-corrected chi connectivity index (χ1v) is 11.4. The van der Waals surface area contributed by atoms with Gasteiger partial charge in [0.15, 0.2) is 5.75 Å². The number of hydrogen-bond donors (Lipinski definition) is 0. The molecule has 1 aromatic rings. The maximum Gasteiger partial charge on any atom is 0.272 e. The van der Waals surface area contributed by atoms with E-state index in [2.05, 4.69) is 0 Å². The van der Waals surface area contributed by atoms with E-state index in [4.69, 9.17) is 28.6 Å².